The molecule has 0 aliphatic carbocycles. The number of hydrogen-bond acceptors (Lipinski definition) is 24. The Morgan fingerprint density at radius 3 is 0.396 bits per heavy atom. The molecule has 0 unspecified atom stereocenters. The number of methoxy groups -OCH3 is 16. The van der Waals surface area contributed by atoms with E-state index in [2.05, 4.69) is 0 Å². The van der Waals surface area contributed by atoms with Crippen LogP contribution in [0.5, 0.6) is 92.0 Å². The van der Waals surface area contributed by atoms with E-state index in [1.165, 1.54) is 85.3 Å². The maximum Gasteiger partial charge on any atom is 2.00 e. The van der Waals surface area contributed by atoms with Crippen LogP contribution in [0.1, 0.15) is 41.4 Å². The van der Waals surface area contributed by atoms with Crippen molar-refractivity contribution in [1.29, 1.82) is 0 Å². The summed E-state index contributed by atoms with van der Waals surface area (Å²) in [7, 11) is 24.4. The average molecular weight is 1570 g/mol. The third kappa shape index (κ3) is 17.1. The normalized spacial score (nSPS) is 10.1. The smallest absolute Gasteiger partial charge is 0.545 e. The molecule has 106 heavy (non-hydrogen) atoms. The van der Waals surface area contributed by atoms with Gasteiger partial charge in [0.1, 0.15) is 0 Å². The van der Waals surface area contributed by atoms with Crippen LogP contribution in [0.15, 0.2) is 121 Å². The van der Waals surface area contributed by atoms with E-state index in [0.717, 1.165) is 21.5 Å². The zero-order valence-corrected chi connectivity index (χ0v) is 67.0. The summed E-state index contributed by atoms with van der Waals surface area (Å²) in [6.07, 6.45) is 0. The van der Waals surface area contributed by atoms with Gasteiger partial charge in [-0.2, -0.15) is 0 Å². The minimum Gasteiger partial charge on any atom is -0.545 e. The Balaban J connectivity index is 0.000000360. The van der Waals surface area contributed by atoms with Crippen LogP contribution in [0.3, 0.4) is 0 Å². The number of hydrogen-bond donors (Lipinski definition) is 0. The summed E-state index contributed by atoms with van der Waals surface area (Å²) in [6, 6.07) is 33.9. The fraction of sp³-hybridized carbons (Fsp3) is 0.211. The minimum absolute atomic E-state index is 0. The Kier molecular flexibility index (Phi) is 32.1. The van der Waals surface area contributed by atoms with Gasteiger partial charge in [0.25, 0.3) is 0 Å². The Morgan fingerprint density at radius 1 is 0.179 bits per heavy atom. The van der Waals surface area contributed by atoms with E-state index in [1.54, 1.807) is 126 Å². The van der Waals surface area contributed by atoms with Gasteiger partial charge in [-0.05, 0) is 208 Å². The zero-order chi connectivity index (χ0) is 72.5. The molecule has 12 rings (SSSR count). The van der Waals surface area contributed by atoms with Gasteiger partial charge in [-0.25, -0.2) is 0 Å². The van der Waals surface area contributed by atoms with Crippen molar-refractivity contribution in [2.24, 2.45) is 0 Å². The van der Waals surface area contributed by atoms with Crippen molar-refractivity contribution in [2.75, 3.05) is 114 Å². The van der Waals surface area contributed by atoms with Crippen LogP contribution in [-0.4, -0.2) is 138 Å². The van der Waals surface area contributed by atoms with E-state index < -0.39 is 23.9 Å². The maximum atomic E-state index is 11.7. The van der Waals surface area contributed by atoms with E-state index in [9.17, 15) is 39.6 Å². The number of rotatable bonds is 20. The van der Waals surface area contributed by atoms with Gasteiger partial charge < -0.3 is 137 Å². The number of carbonyl (C=O) groups excluding carboxylic acids is 4. The SMILES string of the molecule is COc1cc2cc(C(=O)[O-])c3cc(OC)c(OC)cc3c2cc1OC.COc1cc2cc(C(=O)[O-])c3cc(OC)c(OC)cc3c2cc1OC.COc1cc2cc(C(=O)[O-])c3cc(OC)c(OC)cc3c2cc1OC.COc1cc2cc(C(=O)[O-])c3cc(OC)c(OC)cc3c2cc1OC.[OH3+].[OH3+].[OH3+].[OH3+].[Zn+2].[Zn+2]. The third-order valence-corrected chi connectivity index (χ3v) is 16.7. The predicted molar refractivity (Wildman–Crippen MR) is 387 cm³/mol. The molecule has 0 aliphatic heterocycles. The quantitative estimate of drug-likeness (QED) is 0.0489. The first kappa shape index (κ1) is 88.7. The standard InChI is InChI=1S/4C19H18O6.4H2O.2Zn/c4*1-22-15-6-10-5-14(19(20)21)13-9-18(25-4)17(24-3)8-12(13)11(10)7-16(15)23-2;;;;;;/h4*5-9H,1-4H3,(H,20,21);4*1H2;;/q;;;;;;;;2*+2. The molecule has 0 saturated heterocycles. The van der Waals surface area contributed by atoms with Crippen LogP contribution in [0.25, 0.3) is 86.2 Å². The molecule has 0 spiro atoms. The van der Waals surface area contributed by atoms with E-state index in [1.807, 2.05) is 24.3 Å². The molecule has 0 radical (unpaired) electrons. The van der Waals surface area contributed by atoms with Crippen LogP contribution < -0.4 is 96.2 Å². The van der Waals surface area contributed by atoms with Gasteiger partial charge in [0.15, 0.2) is 92.0 Å². The van der Waals surface area contributed by atoms with Gasteiger partial charge in [-0.1, -0.05) is 0 Å². The van der Waals surface area contributed by atoms with Crippen LogP contribution in [0, 0.1) is 0 Å². The van der Waals surface area contributed by atoms with E-state index >= 15 is 0 Å². The Bertz CT molecular complexity index is 4570. The van der Waals surface area contributed by atoms with Crippen molar-refractivity contribution >= 4 is 110 Å². The summed E-state index contributed by atoms with van der Waals surface area (Å²) in [4.78, 5) is 46.6. The van der Waals surface area contributed by atoms with Crippen LogP contribution in [0.4, 0.5) is 0 Å². The molecule has 12 aromatic rings. The van der Waals surface area contributed by atoms with Crippen molar-refractivity contribution in [3.05, 3.63) is 144 Å². The fourth-order valence-corrected chi connectivity index (χ4v) is 11.9. The van der Waals surface area contributed by atoms with Crippen LogP contribution in [-0.2, 0) is 60.9 Å². The minimum atomic E-state index is -1.27. The second kappa shape index (κ2) is 38.3. The van der Waals surface area contributed by atoms with E-state index in [4.69, 9.17) is 75.8 Å². The number of benzene rings is 12. The molecule has 12 N–H and O–H groups in total. The second-order valence-corrected chi connectivity index (χ2v) is 21.6. The molecule has 0 amide bonds. The van der Waals surface area contributed by atoms with Crippen molar-refractivity contribution in [2.45, 2.75) is 0 Å². The van der Waals surface area contributed by atoms with Crippen molar-refractivity contribution < 1.29 is 176 Å². The predicted octanol–water partition coefficient (Wildman–Crippen LogP) is 5.87. The monoisotopic (exact) mass is 1570 g/mol. The molecule has 0 fully saturated rings. The van der Waals surface area contributed by atoms with Crippen molar-refractivity contribution in [3.63, 3.8) is 0 Å². The van der Waals surface area contributed by atoms with Gasteiger partial charge >= 0.3 is 39.0 Å². The summed E-state index contributed by atoms with van der Waals surface area (Å²) < 4.78 is 85.2. The first-order valence-electron chi connectivity index (χ1n) is 30.0. The topological polar surface area (TPSA) is 440 Å². The van der Waals surface area contributed by atoms with Gasteiger partial charge in [0.2, 0.25) is 0 Å². The average Bonchev–Trinajstić information content (AvgIpc) is 0.771. The number of fused-ring (bicyclic) bond motifs is 12. The maximum absolute atomic E-state index is 11.7. The first-order chi connectivity index (χ1) is 48.1. The number of aromatic carboxylic acids is 4. The first-order valence-corrected chi connectivity index (χ1v) is 30.0. The molecule has 0 aliphatic rings. The third-order valence-electron chi connectivity index (χ3n) is 16.7. The molecular weight excluding hydrogens is 1490 g/mol. The largest absolute Gasteiger partial charge is 2.00 e. The van der Waals surface area contributed by atoms with E-state index in [0.29, 0.717) is 157 Å². The number of carboxylic acids is 4. The summed E-state index contributed by atoms with van der Waals surface area (Å²) in [5.74, 6) is 2.94. The van der Waals surface area contributed by atoms with Gasteiger partial charge in [0, 0.05) is 22.3 Å². The van der Waals surface area contributed by atoms with Gasteiger partial charge in [-0.15, -0.1) is 0 Å². The molecular formula is C76H80O28Zn2+4. The number of carbonyl (C=O) groups is 4. The summed E-state index contributed by atoms with van der Waals surface area (Å²) in [5.41, 5.74) is 0.262. The molecule has 12 aromatic carbocycles. The molecule has 0 atom stereocenters. The molecule has 30 heteroatoms. The molecule has 0 heterocycles. The molecule has 0 saturated carbocycles. The number of ether oxygens (including phenoxy) is 16. The second-order valence-electron chi connectivity index (χ2n) is 21.6. The van der Waals surface area contributed by atoms with Crippen molar-refractivity contribution in [1.82, 2.24) is 0 Å². The number of carboxylic acid groups (broad SMARTS) is 4. The Hall–Kier alpha value is -11.5. The molecule has 0 bridgehead atoms. The van der Waals surface area contributed by atoms with Crippen molar-refractivity contribution in [3.8, 4) is 92.0 Å². The Labute approximate surface area is 632 Å². The summed E-state index contributed by atoms with van der Waals surface area (Å²) in [5, 5.41) is 57.3. The summed E-state index contributed by atoms with van der Waals surface area (Å²) in [6.45, 7) is 0. The fourth-order valence-electron chi connectivity index (χ4n) is 11.9. The van der Waals surface area contributed by atoms with Gasteiger partial charge in [0.05, 0.1) is 138 Å². The summed E-state index contributed by atoms with van der Waals surface area (Å²) >= 11 is 0. The molecule has 0 aromatic heterocycles. The Morgan fingerprint density at radius 2 is 0.283 bits per heavy atom. The molecule has 552 valence electrons. The van der Waals surface area contributed by atoms with Crippen LogP contribution >= 0.6 is 0 Å². The van der Waals surface area contributed by atoms with Crippen LogP contribution in [0.2, 0.25) is 0 Å². The zero-order valence-electron chi connectivity index (χ0n) is 61.1. The van der Waals surface area contributed by atoms with E-state index in [-0.39, 0.29) is 83.1 Å². The molecule has 28 nitrogen and oxygen atoms in total. The van der Waals surface area contributed by atoms with Gasteiger partial charge in [-0.3, -0.25) is 0 Å².